The highest BCUT2D eigenvalue weighted by Crippen LogP contribution is 2.11. The van der Waals surface area contributed by atoms with Gasteiger partial charge >= 0.3 is 0 Å². The van der Waals surface area contributed by atoms with Crippen LogP contribution in [0.3, 0.4) is 0 Å². The van der Waals surface area contributed by atoms with E-state index in [1.807, 2.05) is 0 Å². The third-order valence-corrected chi connectivity index (χ3v) is 4.96. The second-order valence-electron chi connectivity index (χ2n) is 7.14. The van der Waals surface area contributed by atoms with E-state index < -0.39 is 0 Å². The molecule has 0 aromatic heterocycles. The monoisotopic (exact) mass is 391 g/mol. The van der Waals surface area contributed by atoms with Crippen molar-refractivity contribution in [2.75, 3.05) is 51.2 Å². The van der Waals surface area contributed by atoms with Crippen LogP contribution in [0.1, 0.15) is 6.42 Å². The topological polar surface area (TPSA) is 47.2 Å². The summed E-state index contributed by atoms with van der Waals surface area (Å²) in [6, 6.07) is 11.9. The van der Waals surface area contributed by atoms with Crippen LogP contribution >= 0.6 is 0 Å². The largest absolute Gasteiger partial charge is 0.493 e. The zero-order chi connectivity index (χ0) is 19.8. The number of ether oxygens (including phenoxy) is 1. The normalized spacial score (nSPS) is 19.2. The second-order valence-corrected chi connectivity index (χ2v) is 7.14. The molecule has 0 atom stereocenters. The Hall–Kier alpha value is -2.51. The molecule has 3 N–H and O–H groups in total. The minimum absolute atomic E-state index is 0.0437. The van der Waals surface area contributed by atoms with Gasteiger partial charge in [-0.1, -0.05) is 0 Å². The summed E-state index contributed by atoms with van der Waals surface area (Å²) in [6.45, 7) is 6.02. The maximum atomic E-state index is 12.9. The average Bonchev–Trinajstić information content (AvgIpc) is 2.70. The number of nitrogens with one attached hydrogen (secondary N) is 3. The highest BCUT2D eigenvalue weighted by atomic mass is 19.1. The summed E-state index contributed by atoms with van der Waals surface area (Å²) in [5, 5.41) is 2.82. The van der Waals surface area contributed by atoms with Gasteiger partial charge in [-0.25, -0.2) is 8.78 Å². The summed E-state index contributed by atoms with van der Waals surface area (Å²) in [5.41, 5.74) is 0.621. The van der Waals surface area contributed by atoms with Gasteiger partial charge in [-0.05, 0) is 48.5 Å². The number of anilines is 1. The van der Waals surface area contributed by atoms with Gasteiger partial charge in [0.15, 0.2) is 6.54 Å². The number of quaternary nitrogens is 2. The molecule has 3 rings (SSSR count). The molecule has 2 aromatic rings. The Kier molecular flexibility index (Phi) is 7.33. The molecule has 0 bridgehead atoms. The number of halogens is 2. The number of carbonyl (C=O) groups is 1. The van der Waals surface area contributed by atoms with Crippen molar-refractivity contribution in [2.45, 2.75) is 6.42 Å². The SMILES string of the molecule is O=C(C[NH+]1CC[NH+](CCCOc2ccc(F)cc2)CC1)Nc1ccc(F)cc1. The number of hydrogen-bond donors (Lipinski definition) is 3. The van der Waals surface area contributed by atoms with E-state index in [4.69, 9.17) is 4.74 Å². The summed E-state index contributed by atoms with van der Waals surface area (Å²) < 4.78 is 31.4. The predicted molar refractivity (Wildman–Crippen MR) is 103 cm³/mol. The molecule has 1 saturated heterocycles. The molecular weight excluding hydrogens is 364 g/mol. The van der Waals surface area contributed by atoms with E-state index in [-0.39, 0.29) is 17.5 Å². The van der Waals surface area contributed by atoms with Crippen molar-refractivity contribution in [1.82, 2.24) is 0 Å². The van der Waals surface area contributed by atoms with E-state index in [2.05, 4.69) is 5.32 Å². The van der Waals surface area contributed by atoms with Gasteiger partial charge in [-0.2, -0.15) is 0 Å². The molecule has 1 heterocycles. The lowest BCUT2D eigenvalue weighted by atomic mass is 10.2. The molecule has 150 valence electrons. The molecule has 0 aliphatic carbocycles. The first-order valence-electron chi connectivity index (χ1n) is 9.69. The van der Waals surface area contributed by atoms with Gasteiger partial charge in [0.2, 0.25) is 0 Å². The van der Waals surface area contributed by atoms with Gasteiger partial charge in [0.25, 0.3) is 5.91 Å². The van der Waals surface area contributed by atoms with Crippen LogP contribution in [0.5, 0.6) is 5.75 Å². The lowest BCUT2D eigenvalue weighted by Crippen LogP contribution is -3.28. The Bertz CT molecular complexity index is 745. The average molecular weight is 391 g/mol. The van der Waals surface area contributed by atoms with Crippen molar-refractivity contribution >= 4 is 11.6 Å². The van der Waals surface area contributed by atoms with Crippen molar-refractivity contribution in [1.29, 1.82) is 0 Å². The predicted octanol–water partition coefficient (Wildman–Crippen LogP) is 0.156. The molecule has 1 aliphatic rings. The molecule has 7 heteroatoms. The third kappa shape index (κ3) is 6.58. The van der Waals surface area contributed by atoms with Gasteiger partial charge in [0.1, 0.15) is 43.6 Å². The van der Waals surface area contributed by atoms with Crippen LogP contribution in [-0.4, -0.2) is 51.8 Å². The molecule has 1 fully saturated rings. The Morgan fingerprint density at radius 2 is 1.46 bits per heavy atom. The van der Waals surface area contributed by atoms with Gasteiger partial charge in [-0.3, -0.25) is 4.79 Å². The van der Waals surface area contributed by atoms with Crippen molar-refractivity contribution in [3.05, 3.63) is 60.2 Å². The number of carbonyl (C=O) groups excluding carboxylic acids is 1. The smallest absolute Gasteiger partial charge is 0.279 e. The third-order valence-electron chi connectivity index (χ3n) is 4.96. The fourth-order valence-electron chi connectivity index (χ4n) is 3.39. The molecule has 5 nitrogen and oxygen atoms in total. The van der Waals surface area contributed by atoms with Crippen molar-refractivity contribution in [3.63, 3.8) is 0 Å². The van der Waals surface area contributed by atoms with Crippen molar-refractivity contribution in [2.24, 2.45) is 0 Å². The standard InChI is InChI=1S/C21H25F2N3O2/c22-17-2-6-19(7-3-17)24-21(27)16-26-13-11-25(12-14-26)10-1-15-28-20-8-4-18(23)5-9-20/h2-9H,1,10-16H2,(H,24,27)/p+2. The van der Waals surface area contributed by atoms with Gasteiger partial charge < -0.3 is 19.9 Å². The summed E-state index contributed by atoms with van der Waals surface area (Å²) in [5.74, 6) is 0.0740. The van der Waals surface area contributed by atoms with E-state index in [0.29, 0.717) is 24.6 Å². The van der Waals surface area contributed by atoms with E-state index in [1.165, 1.54) is 34.1 Å². The molecule has 0 radical (unpaired) electrons. The number of benzene rings is 2. The quantitative estimate of drug-likeness (QED) is 0.562. The van der Waals surface area contributed by atoms with Gasteiger partial charge in [0, 0.05) is 12.1 Å². The first kappa shape index (κ1) is 20.2. The highest BCUT2D eigenvalue weighted by molar-refractivity contribution is 5.91. The molecule has 0 saturated carbocycles. The summed E-state index contributed by atoms with van der Waals surface area (Å²) in [6.07, 6.45) is 0.938. The lowest BCUT2D eigenvalue weighted by Gasteiger charge is -2.29. The van der Waals surface area contributed by atoms with Crippen LogP contribution in [0.15, 0.2) is 48.5 Å². The fourth-order valence-corrected chi connectivity index (χ4v) is 3.39. The molecule has 0 unspecified atom stereocenters. The molecule has 1 aliphatic heterocycles. The minimum Gasteiger partial charge on any atom is -0.493 e. The van der Waals surface area contributed by atoms with E-state index in [0.717, 1.165) is 39.1 Å². The van der Waals surface area contributed by atoms with E-state index in [9.17, 15) is 13.6 Å². The number of hydrogen-bond acceptors (Lipinski definition) is 2. The minimum atomic E-state index is -0.314. The van der Waals surface area contributed by atoms with Crippen LogP contribution in [0.25, 0.3) is 0 Å². The zero-order valence-corrected chi connectivity index (χ0v) is 15.8. The Balaban J connectivity index is 1.29. The molecule has 28 heavy (non-hydrogen) atoms. The highest BCUT2D eigenvalue weighted by Gasteiger charge is 2.24. The van der Waals surface area contributed by atoms with E-state index in [1.54, 1.807) is 24.3 Å². The van der Waals surface area contributed by atoms with Crippen molar-refractivity contribution in [3.8, 4) is 5.75 Å². The fraction of sp³-hybridized carbons (Fsp3) is 0.381. The maximum Gasteiger partial charge on any atom is 0.279 e. The van der Waals surface area contributed by atoms with Crippen LogP contribution < -0.4 is 19.9 Å². The van der Waals surface area contributed by atoms with Crippen LogP contribution in [0.4, 0.5) is 14.5 Å². The van der Waals surface area contributed by atoms with Crippen LogP contribution in [-0.2, 0) is 4.79 Å². The molecule has 2 aromatic carbocycles. The first-order valence-corrected chi connectivity index (χ1v) is 9.69. The number of rotatable bonds is 8. The molecule has 0 spiro atoms. The Morgan fingerprint density at radius 3 is 2.11 bits per heavy atom. The Labute approximate surface area is 163 Å². The maximum absolute atomic E-state index is 12.9. The summed E-state index contributed by atoms with van der Waals surface area (Å²) >= 11 is 0. The molecular formula is C21H27F2N3O2+2. The number of piperazine rings is 1. The van der Waals surface area contributed by atoms with Crippen LogP contribution in [0, 0.1) is 11.6 Å². The Morgan fingerprint density at radius 1 is 0.893 bits per heavy atom. The van der Waals surface area contributed by atoms with Gasteiger partial charge in [0.05, 0.1) is 13.2 Å². The summed E-state index contributed by atoms with van der Waals surface area (Å²) in [4.78, 5) is 14.9. The zero-order valence-electron chi connectivity index (χ0n) is 15.8. The lowest BCUT2D eigenvalue weighted by molar-refractivity contribution is -1.01. The number of amides is 1. The first-order chi connectivity index (χ1) is 13.6. The molecule has 1 amide bonds. The van der Waals surface area contributed by atoms with E-state index >= 15 is 0 Å². The second kappa shape index (κ2) is 10.1. The van der Waals surface area contributed by atoms with Crippen molar-refractivity contribution < 1.29 is 28.1 Å². The van der Waals surface area contributed by atoms with Crippen LogP contribution in [0.2, 0.25) is 0 Å². The van der Waals surface area contributed by atoms with Gasteiger partial charge in [-0.15, -0.1) is 0 Å². The summed E-state index contributed by atoms with van der Waals surface area (Å²) in [7, 11) is 0.